The van der Waals surface area contributed by atoms with Crippen molar-refractivity contribution in [2.45, 2.75) is 38.3 Å². The van der Waals surface area contributed by atoms with Crippen LogP contribution in [0.5, 0.6) is 0 Å². The highest BCUT2D eigenvalue weighted by Crippen LogP contribution is 2.13. The predicted molar refractivity (Wildman–Crippen MR) is 78.0 cm³/mol. The van der Waals surface area contributed by atoms with Gasteiger partial charge in [0.05, 0.1) is 0 Å². The largest absolute Gasteiger partial charge is 0.314 e. The summed E-state index contributed by atoms with van der Waals surface area (Å²) in [6, 6.07) is 8.92. The second kappa shape index (κ2) is 7.13. The molecule has 0 bridgehead atoms. The van der Waals surface area contributed by atoms with E-state index in [0.29, 0.717) is 0 Å². The molecule has 1 aromatic rings. The highest BCUT2D eigenvalue weighted by molar-refractivity contribution is 6.30. The highest BCUT2D eigenvalue weighted by Gasteiger charge is 2.13. The van der Waals surface area contributed by atoms with Gasteiger partial charge in [0, 0.05) is 17.6 Å². The lowest BCUT2D eigenvalue weighted by atomic mass is 10.1. The molecule has 1 fully saturated rings. The van der Waals surface area contributed by atoms with Crippen LogP contribution in [0.25, 0.3) is 0 Å². The van der Waals surface area contributed by atoms with Crippen molar-refractivity contribution in [3.05, 3.63) is 34.9 Å². The fourth-order valence-corrected chi connectivity index (χ4v) is 2.72. The van der Waals surface area contributed by atoms with Crippen molar-refractivity contribution in [1.29, 1.82) is 0 Å². The van der Waals surface area contributed by atoms with E-state index in [1.165, 1.54) is 44.3 Å². The van der Waals surface area contributed by atoms with Crippen LogP contribution in [0, 0.1) is 0 Å². The van der Waals surface area contributed by atoms with Crippen molar-refractivity contribution in [3.8, 4) is 0 Å². The lowest BCUT2D eigenvalue weighted by Crippen LogP contribution is -2.24. The molecule has 1 saturated heterocycles. The minimum absolute atomic E-state index is 0.772. The standard InChI is InChI=1S/C15H23ClN2/c1-18(11-3-5-15-4-2-10-17-15)12-13-6-8-14(16)9-7-13/h6-9,15,17H,2-5,10-12H2,1H3. The first-order valence-corrected chi connectivity index (χ1v) is 7.28. The molecule has 1 aliphatic heterocycles. The third-order valence-electron chi connectivity index (χ3n) is 3.62. The van der Waals surface area contributed by atoms with Gasteiger partial charge in [-0.05, 0) is 63.5 Å². The van der Waals surface area contributed by atoms with E-state index in [0.717, 1.165) is 17.6 Å². The molecule has 18 heavy (non-hydrogen) atoms. The molecule has 0 saturated carbocycles. The Labute approximate surface area is 115 Å². The molecule has 100 valence electrons. The zero-order valence-electron chi connectivity index (χ0n) is 11.2. The van der Waals surface area contributed by atoms with Gasteiger partial charge in [0.2, 0.25) is 0 Å². The van der Waals surface area contributed by atoms with Crippen LogP contribution in [-0.4, -0.2) is 31.1 Å². The molecule has 0 aromatic heterocycles. The molecule has 1 aromatic carbocycles. The Morgan fingerprint density at radius 3 is 2.78 bits per heavy atom. The van der Waals surface area contributed by atoms with Crippen molar-refractivity contribution < 1.29 is 0 Å². The molecule has 1 N–H and O–H groups in total. The smallest absolute Gasteiger partial charge is 0.0406 e. The summed E-state index contributed by atoms with van der Waals surface area (Å²) >= 11 is 5.88. The first-order valence-electron chi connectivity index (χ1n) is 6.90. The lowest BCUT2D eigenvalue weighted by Gasteiger charge is -2.18. The zero-order valence-corrected chi connectivity index (χ0v) is 11.9. The Balaban J connectivity index is 1.65. The average molecular weight is 267 g/mol. The molecule has 0 aliphatic carbocycles. The summed E-state index contributed by atoms with van der Waals surface area (Å²) in [5, 5.41) is 4.37. The number of hydrogen-bond donors (Lipinski definition) is 1. The quantitative estimate of drug-likeness (QED) is 0.850. The molecule has 1 unspecified atom stereocenters. The van der Waals surface area contributed by atoms with Gasteiger partial charge in [-0.2, -0.15) is 0 Å². The molecule has 1 aliphatic rings. The van der Waals surface area contributed by atoms with Crippen molar-refractivity contribution in [2.75, 3.05) is 20.1 Å². The first-order chi connectivity index (χ1) is 8.74. The van der Waals surface area contributed by atoms with Crippen LogP contribution in [0.15, 0.2) is 24.3 Å². The van der Waals surface area contributed by atoms with Gasteiger partial charge in [0.25, 0.3) is 0 Å². The normalized spacial score (nSPS) is 19.6. The number of rotatable bonds is 6. The monoisotopic (exact) mass is 266 g/mol. The van der Waals surface area contributed by atoms with Crippen LogP contribution in [-0.2, 0) is 6.54 Å². The maximum absolute atomic E-state index is 5.88. The lowest BCUT2D eigenvalue weighted by molar-refractivity contribution is 0.311. The number of benzene rings is 1. The number of nitrogens with one attached hydrogen (secondary N) is 1. The van der Waals surface area contributed by atoms with Crippen molar-refractivity contribution in [2.24, 2.45) is 0 Å². The van der Waals surface area contributed by atoms with E-state index in [1.807, 2.05) is 12.1 Å². The van der Waals surface area contributed by atoms with Crippen LogP contribution < -0.4 is 5.32 Å². The topological polar surface area (TPSA) is 15.3 Å². The van der Waals surface area contributed by atoms with Gasteiger partial charge in [0.15, 0.2) is 0 Å². The van der Waals surface area contributed by atoms with E-state index in [-0.39, 0.29) is 0 Å². The van der Waals surface area contributed by atoms with Crippen molar-refractivity contribution in [1.82, 2.24) is 10.2 Å². The van der Waals surface area contributed by atoms with Crippen molar-refractivity contribution in [3.63, 3.8) is 0 Å². The molecule has 2 nitrogen and oxygen atoms in total. The van der Waals surface area contributed by atoms with E-state index >= 15 is 0 Å². The Bertz CT molecular complexity index is 344. The van der Waals surface area contributed by atoms with Gasteiger partial charge in [-0.3, -0.25) is 0 Å². The molecule has 1 heterocycles. The van der Waals surface area contributed by atoms with Gasteiger partial charge in [-0.1, -0.05) is 23.7 Å². The van der Waals surface area contributed by atoms with Crippen molar-refractivity contribution >= 4 is 11.6 Å². The maximum atomic E-state index is 5.88. The SMILES string of the molecule is CN(CCCC1CCCN1)Cc1ccc(Cl)cc1. The zero-order chi connectivity index (χ0) is 12.8. The molecule has 2 rings (SSSR count). The van der Waals surface area contributed by atoms with Gasteiger partial charge >= 0.3 is 0 Å². The van der Waals surface area contributed by atoms with Gasteiger partial charge in [-0.15, -0.1) is 0 Å². The summed E-state index contributed by atoms with van der Waals surface area (Å²) in [4.78, 5) is 2.39. The van der Waals surface area contributed by atoms with Crippen LogP contribution in [0.4, 0.5) is 0 Å². The Kier molecular flexibility index (Phi) is 5.48. The molecule has 0 amide bonds. The minimum Gasteiger partial charge on any atom is -0.314 e. The Morgan fingerprint density at radius 2 is 2.11 bits per heavy atom. The van der Waals surface area contributed by atoms with Crippen LogP contribution in [0.3, 0.4) is 0 Å². The molecule has 1 atom stereocenters. The summed E-state index contributed by atoms with van der Waals surface area (Å²) in [5.74, 6) is 0. The summed E-state index contributed by atoms with van der Waals surface area (Å²) < 4.78 is 0. The molecular weight excluding hydrogens is 244 g/mol. The van der Waals surface area contributed by atoms with Gasteiger partial charge in [-0.25, -0.2) is 0 Å². The maximum Gasteiger partial charge on any atom is 0.0406 e. The second-order valence-electron chi connectivity index (χ2n) is 5.30. The predicted octanol–water partition coefficient (Wildman–Crippen LogP) is 3.30. The third kappa shape index (κ3) is 4.60. The van der Waals surface area contributed by atoms with Crippen LogP contribution >= 0.6 is 11.6 Å². The first kappa shape index (κ1) is 13.9. The summed E-state index contributed by atoms with van der Waals surface area (Å²) in [7, 11) is 2.19. The number of nitrogens with zero attached hydrogens (tertiary/aromatic N) is 1. The minimum atomic E-state index is 0.772. The summed E-state index contributed by atoms with van der Waals surface area (Å²) in [6.45, 7) is 3.39. The molecule has 3 heteroatoms. The van der Waals surface area contributed by atoms with E-state index < -0.39 is 0 Å². The van der Waals surface area contributed by atoms with E-state index in [1.54, 1.807) is 0 Å². The van der Waals surface area contributed by atoms with E-state index in [9.17, 15) is 0 Å². The van der Waals surface area contributed by atoms with Crippen LogP contribution in [0.2, 0.25) is 5.02 Å². The van der Waals surface area contributed by atoms with Gasteiger partial charge in [0.1, 0.15) is 0 Å². The Hall–Kier alpha value is -0.570. The molecule has 0 radical (unpaired) electrons. The highest BCUT2D eigenvalue weighted by atomic mass is 35.5. The number of halogens is 1. The Morgan fingerprint density at radius 1 is 1.33 bits per heavy atom. The second-order valence-corrected chi connectivity index (χ2v) is 5.74. The summed E-state index contributed by atoms with van der Waals surface area (Å²) in [6.07, 6.45) is 5.30. The van der Waals surface area contributed by atoms with Gasteiger partial charge < -0.3 is 10.2 Å². The van der Waals surface area contributed by atoms with Crippen LogP contribution in [0.1, 0.15) is 31.2 Å². The third-order valence-corrected chi connectivity index (χ3v) is 3.87. The number of hydrogen-bond acceptors (Lipinski definition) is 2. The van der Waals surface area contributed by atoms with E-state index in [4.69, 9.17) is 11.6 Å². The molecule has 0 spiro atoms. The average Bonchev–Trinajstić information content (AvgIpc) is 2.85. The summed E-state index contributed by atoms with van der Waals surface area (Å²) in [5.41, 5.74) is 1.33. The fraction of sp³-hybridized carbons (Fsp3) is 0.600. The fourth-order valence-electron chi connectivity index (χ4n) is 2.59. The molecular formula is C15H23ClN2. The van der Waals surface area contributed by atoms with E-state index in [2.05, 4.69) is 29.4 Å².